The lowest BCUT2D eigenvalue weighted by Gasteiger charge is -2.30. The Bertz CT molecular complexity index is 181. The van der Waals surface area contributed by atoms with Gasteiger partial charge in [-0.1, -0.05) is 27.7 Å². The van der Waals surface area contributed by atoms with Crippen molar-refractivity contribution >= 4 is 5.78 Å². The van der Waals surface area contributed by atoms with E-state index in [0.29, 0.717) is 12.3 Å². The summed E-state index contributed by atoms with van der Waals surface area (Å²) in [7, 11) is 0. The summed E-state index contributed by atoms with van der Waals surface area (Å²) < 4.78 is 0. The smallest absolute Gasteiger partial charge is 0.133 e. The van der Waals surface area contributed by atoms with E-state index in [1.165, 1.54) is 0 Å². The average molecular weight is 200 g/mol. The normalized spacial score (nSPS) is 14.5. The molecule has 0 spiro atoms. The Morgan fingerprint density at radius 2 is 1.71 bits per heavy atom. The second-order valence-electron chi connectivity index (χ2n) is 4.60. The Hall–Kier alpha value is -0.370. The Morgan fingerprint density at radius 3 is 1.93 bits per heavy atom. The Kier molecular flexibility index (Phi) is 5.35. The van der Waals surface area contributed by atoms with E-state index in [2.05, 4.69) is 0 Å². The highest BCUT2D eigenvalue weighted by molar-refractivity contribution is 5.78. The van der Waals surface area contributed by atoms with Crippen molar-refractivity contribution in [3.05, 3.63) is 0 Å². The molecule has 0 fully saturated rings. The summed E-state index contributed by atoms with van der Waals surface area (Å²) in [6, 6.07) is 0. The van der Waals surface area contributed by atoms with Gasteiger partial charge >= 0.3 is 0 Å². The highest BCUT2D eigenvalue weighted by Crippen LogP contribution is 2.28. The van der Waals surface area contributed by atoms with Crippen LogP contribution < -0.4 is 0 Å². The summed E-state index contributed by atoms with van der Waals surface area (Å²) in [5.41, 5.74) is -0.652. The lowest BCUT2D eigenvalue weighted by atomic mass is 9.79. The van der Waals surface area contributed by atoms with Crippen molar-refractivity contribution in [1.82, 2.24) is 0 Å². The van der Waals surface area contributed by atoms with Gasteiger partial charge < -0.3 is 5.11 Å². The second-order valence-corrected chi connectivity index (χ2v) is 4.60. The minimum atomic E-state index is -0.652. The predicted octanol–water partition coefficient (Wildman–Crippen LogP) is 2.79. The molecule has 0 aliphatic heterocycles. The highest BCUT2D eigenvalue weighted by Gasteiger charge is 2.30. The molecule has 0 amide bonds. The predicted molar refractivity (Wildman–Crippen MR) is 59.2 cm³/mol. The van der Waals surface area contributed by atoms with E-state index >= 15 is 0 Å². The lowest BCUT2D eigenvalue weighted by molar-refractivity contribution is -0.125. The van der Waals surface area contributed by atoms with E-state index in [9.17, 15) is 9.90 Å². The van der Waals surface area contributed by atoms with Crippen LogP contribution in [0.4, 0.5) is 0 Å². The second kappa shape index (κ2) is 5.50. The number of aliphatic hydroxyl groups is 1. The van der Waals surface area contributed by atoms with Crippen LogP contribution in [0.2, 0.25) is 0 Å². The van der Waals surface area contributed by atoms with Gasteiger partial charge in [-0.2, -0.15) is 0 Å². The van der Waals surface area contributed by atoms with Crippen molar-refractivity contribution in [3.8, 4) is 0 Å². The maximum atomic E-state index is 11.4. The molecule has 0 bridgehead atoms. The first-order chi connectivity index (χ1) is 6.36. The van der Waals surface area contributed by atoms with Crippen molar-refractivity contribution < 1.29 is 9.90 Å². The van der Waals surface area contributed by atoms with Gasteiger partial charge in [0.2, 0.25) is 0 Å². The molecule has 0 radical (unpaired) electrons. The first-order valence-electron chi connectivity index (χ1n) is 5.59. The van der Waals surface area contributed by atoms with Gasteiger partial charge in [-0.15, -0.1) is 0 Å². The summed E-state index contributed by atoms with van der Waals surface area (Å²) in [4.78, 5) is 11.4. The SMILES string of the molecule is CCC(O)(CC)CC(C(C)=O)C(C)C. The van der Waals surface area contributed by atoms with Crippen LogP contribution in [-0.2, 0) is 4.79 Å². The van der Waals surface area contributed by atoms with Crippen molar-refractivity contribution in [1.29, 1.82) is 0 Å². The van der Waals surface area contributed by atoms with Crippen LogP contribution in [0.25, 0.3) is 0 Å². The Balaban J connectivity index is 4.50. The van der Waals surface area contributed by atoms with E-state index in [-0.39, 0.29) is 11.7 Å². The molecule has 1 unspecified atom stereocenters. The number of Topliss-reactive ketones (excluding diaryl/α,β-unsaturated/α-hetero) is 1. The molecular formula is C12H24O2. The summed E-state index contributed by atoms with van der Waals surface area (Å²) in [5.74, 6) is 0.511. The van der Waals surface area contributed by atoms with Gasteiger partial charge in [0.15, 0.2) is 0 Å². The topological polar surface area (TPSA) is 37.3 Å². The zero-order valence-electron chi connectivity index (χ0n) is 10.1. The number of rotatable bonds is 6. The van der Waals surface area contributed by atoms with Crippen LogP contribution in [0.1, 0.15) is 53.9 Å². The third-order valence-electron chi connectivity index (χ3n) is 3.24. The molecule has 14 heavy (non-hydrogen) atoms. The zero-order valence-corrected chi connectivity index (χ0v) is 10.1. The first-order valence-corrected chi connectivity index (χ1v) is 5.59. The van der Waals surface area contributed by atoms with Crippen molar-refractivity contribution in [2.24, 2.45) is 11.8 Å². The molecule has 2 heteroatoms. The van der Waals surface area contributed by atoms with Gasteiger partial charge in [0.25, 0.3) is 0 Å². The molecule has 1 N–H and O–H groups in total. The van der Waals surface area contributed by atoms with Gasteiger partial charge in [-0.3, -0.25) is 4.79 Å². The summed E-state index contributed by atoms with van der Waals surface area (Å²) in [5, 5.41) is 10.1. The molecule has 0 aromatic heterocycles. The van der Waals surface area contributed by atoms with Gasteiger partial charge in [-0.05, 0) is 32.1 Å². The molecule has 1 atom stereocenters. The molecule has 2 nitrogen and oxygen atoms in total. The molecule has 0 saturated carbocycles. The third kappa shape index (κ3) is 3.79. The molecule has 0 heterocycles. The molecular weight excluding hydrogens is 176 g/mol. The fourth-order valence-electron chi connectivity index (χ4n) is 1.80. The largest absolute Gasteiger partial charge is 0.390 e. The van der Waals surface area contributed by atoms with Crippen molar-refractivity contribution in [2.75, 3.05) is 0 Å². The number of ketones is 1. The number of carbonyl (C=O) groups is 1. The first kappa shape index (κ1) is 13.6. The molecule has 0 aliphatic carbocycles. The molecule has 0 aliphatic rings. The van der Waals surface area contributed by atoms with Crippen LogP contribution in [0.5, 0.6) is 0 Å². The van der Waals surface area contributed by atoms with E-state index in [0.717, 1.165) is 12.8 Å². The van der Waals surface area contributed by atoms with Crippen molar-refractivity contribution in [3.63, 3.8) is 0 Å². The quantitative estimate of drug-likeness (QED) is 0.716. The monoisotopic (exact) mass is 200 g/mol. The minimum absolute atomic E-state index is 0.0000926. The number of carbonyl (C=O) groups excluding carboxylic acids is 1. The number of hydrogen-bond acceptors (Lipinski definition) is 2. The van der Waals surface area contributed by atoms with E-state index in [4.69, 9.17) is 0 Å². The fraction of sp³-hybridized carbons (Fsp3) is 0.917. The van der Waals surface area contributed by atoms with Crippen LogP contribution in [0.15, 0.2) is 0 Å². The average Bonchev–Trinajstić information content (AvgIpc) is 2.13. The van der Waals surface area contributed by atoms with Crippen molar-refractivity contribution in [2.45, 2.75) is 59.5 Å². The molecule has 0 aromatic carbocycles. The molecule has 0 aromatic rings. The van der Waals surface area contributed by atoms with E-state index in [1.54, 1.807) is 6.92 Å². The highest BCUT2D eigenvalue weighted by atomic mass is 16.3. The van der Waals surface area contributed by atoms with E-state index in [1.807, 2.05) is 27.7 Å². The maximum absolute atomic E-state index is 11.4. The standard InChI is InChI=1S/C12H24O2/c1-6-12(14,7-2)8-11(9(3)4)10(5)13/h9,11,14H,6-8H2,1-5H3. The van der Waals surface area contributed by atoms with E-state index < -0.39 is 5.60 Å². The molecule has 84 valence electrons. The zero-order chi connectivity index (χ0) is 11.4. The Labute approximate surface area is 87.7 Å². The summed E-state index contributed by atoms with van der Waals surface area (Å²) in [6.45, 7) is 9.65. The van der Waals surface area contributed by atoms with Gasteiger partial charge in [0, 0.05) is 5.92 Å². The Morgan fingerprint density at radius 1 is 1.29 bits per heavy atom. The minimum Gasteiger partial charge on any atom is -0.390 e. The van der Waals surface area contributed by atoms with Gasteiger partial charge in [0.1, 0.15) is 5.78 Å². The van der Waals surface area contributed by atoms with Crippen LogP contribution in [-0.4, -0.2) is 16.5 Å². The molecule has 0 rings (SSSR count). The fourth-order valence-corrected chi connectivity index (χ4v) is 1.80. The van der Waals surface area contributed by atoms with Crippen LogP contribution in [0.3, 0.4) is 0 Å². The van der Waals surface area contributed by atoms with Crippen LogP contribution >= 0.6 is 0 Å². The van der Waals surface area contributed by atoms with Gasteiger partial charge in [0.05, 0.1) is 5.60 Å². The molecule has 0 saturated heterocycles. The number of hydrogen-bond donors (Lipinski definition) is 1. The maximum Gasteiger partial charge on any atom is 0.133 e. The summed E-state index contributed by atoms with van der Waals surface area (Å²) >= 11 is 0. The van der Waals surface area contributed by atoms with Gasteiger partial charge in [-0.25, -0.2) is 0 Å². The summed E-state index contributed by atoms with van der Waals surface area (Å²) in [6.07, 6.45) is 2.05. The lowest BCUT2D eigenvalue weighted by Crippen LogP contribution is -2.34. The van der Waals surface area contributed by atoms with Crippen LogP contribution in [0, 0.1) is 11.8 Å². The third-order valence-corrected chi connectivity index (χ3v) is 3.24.